The van der Waals surface area contributed by atoms with E-state index in [4.69, 9.17) is 16.3 Å². The number of rotatable bonds is 1. The Kier molecular flexibility index (Phi) is 10.3. The third kappa shape index (κ3) is 7.52. The lowest BCUT2D eigenvalue weighted by atomic mass is 9.64. The molecule has 9 nitrogen and oxygen atoms in total. The molecule has 2 bridgehead atoms. The second kappa shape index (κ2) is 14.3. The molecule has 7 atom stereocenters. The van der Waals surface area contributed by atoms with Crippen LogP contribution in [0.5, 0.6) is 5.75 Å². The molecule has 280 valence electrons. The van der Waals surface area contributed by atoms with Gasteiger partial charge in [-0.1, -0.05) is 42.5 Å². The number of nitrogens with one attached hydrogen (secondary N) is 1. The van der Waals surface area contributed by atoms with Crippen LogP contribution in [0.1, 0.15) is 67.4 Å². The Morgan fingerprint density at radius 1 is 1.12 bits per heavy atom. The van der Waals surface area contributed by atoms with Crippen molar-refractivity contribution >= 4 is 48.6 Å². The number of aryl methyl sites for hydroxylation is 1. The van der Waals surface area contributed by atoms with Gasteiger partial charge in [-0.05, 0) is 111 Å². The second-order valence-corrected chi connectivity index (χ2v) is 20.9. The van der Waals surface area contributed by atoms with E-state index in [1.165, 1.54) is 11.1 Å². The first-order valence-electron chi connectivity index (χ1n) is 18.5. The molecule has 1 spiro atoms. The molecule has 2 fully saturated rings. The summed E-state index contributed by atoms with van der Waals surface area (Å²) in [6.07, 6.45) is 8.86. The monoisotopic (exact) mass is 767 g/mol. The molecule has 3 aliphatic heterocycles. The standard InChI is InChI=1S/C40H50ClN3O6S2/c1-28-7-4-16-40(46,17-6-18-43-19-21-52(48,49)22-20-43)35-12-9-32(35)25-44-26-39(15-5-8-30-23-33(41)11-13-34(30)39)27-50-37-14-10-31(24-36(37)44)38(45)42-51(3,47)29(28)2/h4,10-11,13-14,16,23-24,28-29,32,35,46H,3,5,7-9,12,15,18-22,25-27H2,1-2H3,(H,42,45,47)/b16-4+/t28-,29+,32-,35+,39-,40-,51?/m0/s1. The number of amides is 1. The molecule has 52 heavy (non-hydrogen) atoms. The van der Waals surface area contributed by atoms with E-state index < -0.39 is 36.3 Å². The van der Waals surface area contributed by atoms with Crippen molar-refractivity contribution in [2.45, 2.75) is 68.6 Å². The smallest absolute Gasteiger partial charge is 0.262 e. The number of sulfone groups is 1. The fourth-order valence-corrected chi connectivity index (χ4v) is 11.7. The van der Waals surface area contributed by atoms with Gasteiger partial charge < -0.3 is 14.7 Å². The van der Waals surface area contributed by atoms with Crippen LogP contribution in [0, 0.1) is 29.6 Å². The molecule has 1 saturated heterocycles. The zero-order valence-corrected chi connectivity index (χ0v) is 32.5. The number of fused-ring (bicyclic) bond motifs is 4. The maximum atomic E-state index is 13.9. The number of anilines is 1. The Morgan fingerprint density at radius 2 is 1.90 bits per heavy atom. The lowest BCUT2D eigenvalue weighted by Gasteiger charge is -2.47. The lowest BCUT2D eigenvalue weighted by molar-refractivity contribution is -0.00329. The molecular weight excluding hydrogens is 718 g/mol. The van der Waals surface area contributed by atoms with Crippen LogP contribution < -0.4 is 14.4 Å². The summed E-state index contributed by atoms with van der Waals surface area (Å²) in [7, 11) is -6.05. The summed E-state index contributed by atoms with van der Waals surface area (Å²) in [6, 6.07) is 11.6. The summed E-state index contributed by atoms with van der Waals surface area (Å²) >= 11 is 6.46. The summed E-state index contributed by atoms with van der Waals surface area (Å²) < 4.78 is 47.3. The van der Waals surface area contributed by atoms with Gasteiger partial charge in [0, 0.05) is 53.3 Å². The molecule has 2 aromatic rings. The van der Waals surface area contributed by atoms with E-state index in [1.807, 2.05) is 49.1 Å². The average Bonchev–Trinajstić information content (AvgIpc) is 3.23. The van der Waals surface area contributed by atoms with Crippen molar-refractivity contribution in [1.82, 2.24) is 9.62 Å². The van der Waals surface area contributed by atoms with Crippen LogP contribution in [0.4, 0.5) is 5.69 Å². The van der Waals surface area contributed by atoms with E-state index >= 15 is 0 Å². The molecule has 0 radical (unpaired) electrons. The van der Waals surface area contributed by atoms with Crippen molar-refractivity contribution in [3.63, 3.8) is 0 Å². The van der Waals surface area contributed by atoms with Gasteiger partial charge in [0.25, 0.3) is 5.91 Å². The molecule has 1 amide bonds. The van der Waals surface area contributed by atoms with Crippen LogP contribution in [0.25, 0.3) is 0 Å². The number of allylic oxidation sites excluding steroid dienone is 1. The molecule has 12 heteroatoms. The average molecular weight is 768 g/mol. The summed E-state index contributed by atoms with van der Waals surface area (Å²) in [5.41, 5.74) is 1.93. The number of ether oxygens (including phenoxy) is 1. The zero-order valence-electron chi connectivity index (χ0n) is 30.1. The van der Waals surface area contributed by atoms with Crippen LogP contribution in [-0.4, -0.2) is 96.1 Å². The van der Waals surface area contributed by atoms with Crippen LogP contribution in [0.15, 0.2) is 48.6 Å². The highest BCUT2D eigenvalue weighted by Gasteiger charge is 2.48. The fraction of sp³-hybridized carbons (Fsp3) is 0.550. The molecule has 2 aromatic carbocycles. The number of aliphatic hydroxyl groups is 1. The van der Waals surface area contributed by atoms with Gasteiger partial charge in [0.2, 0.25) is 0 Å². The Labute approximate surface area is 314 Å². The summed E-state index contributed by atoms with van der Waals surface area (Å²) in [4.78, 5) is 18.1. The van der Waals surface area contributed by atoms with Gasteiger partial charge in [0.15, 0.2) is 9.84 Å². The summed E-state index contributed by atoms with van der Waals surface area (Å²) in [5.74, 6) is 10.8. The molecule has 2 N–H and O–H groups in total. The van der Waals surface area contributed by atoms with Gasteiger partial charge >= 0.3 is 0 Å². The summed E-state index contributed by atoms with van der Waals surface area (Å²) in [5, 5.41) is 12.7. The minimum Gasteiger partial charge on any atom is -0.490 e. The number of carbonyl (C=O) groups excluding carboxylic acids is 1. The predicted octanol–water partition coefficient (Wildman–Crippen LogP) is 4.65. The van der Waals surface area contributed by atoms with E-state index in [2.05, 4.69) is 39.5 Å². The SMILES string of the molecule is C=S1(=O)NC(=O)c2ccc3c(c2)N(C[C@@H]2CC[C@H]2[C@@](O)(C#CCN2CCS(=O)(=O)CC2)/C=C/C[C@H](C)[C@H]1C)C[C@@]1(CCCc2cc(Cl)ccc21)CO3. The van der Waals surface area contributed by atoms with E-state index in [1.54, 1.807) is 6.07 Å². The topological polar surface area (TPSA) is 116 Å². The highest BCUT2D eigenvalue weighted by atomic mass is 35.5. The van der Waals surface area contributed by atoms with Crippen LogP contribution in [0.3, 0.4) is 0 Å². The van der Waals surface area contributed by atoms with Crippen molar-refractivity contribution in [2.75, 3.05) is 55.7 Å². The number of benzene rings is 2. The van der Waals surface area contributed by atoms with Crippen molar-refractivity contribution in [3.05, 3.63) is 70.3 Å². The van der Waals surface area contributed by atoms with Gasteiger partial charge in [-0.25, -0.2) is 12.6 Å². The van der Waals surface area contributed by atoms with Gasteiger partial charge in [0.1, 0.15) is 11.4 Å². The highest BCUT2D eigenvalue weighted by molar-refractivity contribution is 7.99. The largest absolute Gasteiger partial charge is 0.490 e. The maximum Gasteiger partial charge on any atom is 0.262 e. The van der Waals surface area contributed by atoms with E-state index in [0.717, 1.165) is 42.8 Å². The van der Waals surface area contributed by atoms with Gasteiger partial charge in [-0.15, -0.1) is 0 Å². The van der Waals surface area contributed by atoms with Crippen LogP contribution >= 0.6 is 11.6 Å². The minimum atomic E-state index is -3.04. The molecule has 1 saturated carbocycles. The minimum absolute atomic E-state index is 0.0978. The highest BCUT2D eigenvalue weighted by Crippen LogP contribution is 2.48. The molecular formula is C40H50ClN3O6S2. The molecule has 3 heterocycles. The van der Waals surface area contributed by atoms with Crippen LogP contribution in [0.2, 0.25) is 5.02 Å². The Balaban J connectivity index is 1.27. The number of halogens is 1. The normalized spacial score (nSPS) is 35.3. The Bertz CT molecular complexity index is 2030. The maximum absolute atomic E-state index is 13.9. The van der Waals surface area contributed by atoms with Crippen molar-refractivity contribution < 1.29 is 27.3 Å². The first-order valence-corrected chi connectivity index (χ1v) is 22.5. The molecule has 0 aromatic heterocycles. The number of nitrogens with zero attached hydrogens (tertiary/aromatic N) is 2. The van der Waals surface area contributed by atoms with Crippen molar-refractivity contribution in [3.8, 4) is 17.6 Å². The first kappa shape index (κ1) is 37.3. The summed E-state index contributed by atoms with van der Waals surface area (Å²) in [6.45, 7) is 6.81. The number of hydrogen-bond acceptors (Lipinski definition) is 8. The Morgan fingerprint density at radius 3 is 2.65 bits per heavy atom. The number of carbonyl (C=O) groups is 1. The molecule has 5 aliphatic rings. The fourth-order valence-electron chi connectivity index (χ4n) is 8.70. The Hall–Kier alpha value is -3.01. The van der Waals surface area contributed by atoms with Crippen molar-refractivity contribution in [1.29, 1.82) is 0 Å². The van der Waals surface area contributed by atoms with E-state index in [9.17, 15) is 22.5 Å². The predicted molar refractivity (Wildman–Crippen MR) is 209 cm³/mol. The zero-order chi connectivity index (χ0) is 36.9. The number of hydrogen-bond donors (Lipinski definition) is 2. The lowest BCUT2D eigenvalue weighted by Crippen LogP contribution is -2.52. The van der Waals surface area contributed by atoms with Gasteiger partial charge in [-0.3, -0.25) is 14.4 Å². The van der Waals surface area contributed by atoms with Crippen molar-refractivity contribution in [2.24, 2.45) is 17.8 Å². The van der Waals surface area contributed by atoms with E-state index in [-0.39, 0.29) is 34.7 Å². The quantitative estimate of drug-likeness (QED) is 0.245. The van der Waals surface area contributed by atoms with Crippen LogP contribution in [-0.2, 0) is 31.4 Å². The molecule has 7 rings (SSSR count). The third-order valence-corrected chi connectivity index (χ3v) is 16.4. The molecule has 1 unspecified atom stereocenters. The van der Waals surface area contributed by atoms with E-state index in [0.29, 0.717) is 57.1 Å². The third-order valence-electron chi connectivity index (χ3n) is 12.3. The molecule has 2 aliphatic carbocycles. The van der Waals surface area contributed by atoms with Gasteiger partial charge in [0.05, 0.1) is 40.1 Å². The first-order chi connectivity index (χ1) is 24.7. The second-order valence-electron chi connectivity index (χ2n) is 15.8. The van der Waals surface area contributed by atoms with Gasteiger partial charge in [-0.2, -0.15) is 0 Å².